The van der Waals surface area contributed by atoms with Crippen LogP contribution in [0.15, 0.2) is 27.1 Å². The Morgan fingerprint density at radius 2 is 1.68 bits per heavy atom. The van der Waals surface area contributed by atoms with Crippen LogP contribution in [0.4, 0.5) is 5.69 Å². The van der Waals surface area contributed by atoms with E-state index in [1.165, 1.54) is 46.7 Å². The van der Waals surface area contributed by atoms with E-state index in [0.717, 1.165) is 0 Å². The third kappa shape index (κ3) is 2.59. The second-order valence-corrected chi connectivity index (χ2v) is 7.38. The lowest BCUT2D eigenvalue weighted by atomic mass is 9.81. The fourth-order valence-corrected chi connectivity index (χ4v) is 5.13. The van der Waals surface area contributed by atoms with Crippen molar-refractivity contribution in [1.82, 2.24) is 5.32 Å². The summed E-state index contributed by atoms with van der Waals surface area (Å²) in [5.41, 5.74) is 1.35. The van der Waals surface area contributed by atoms with E-state index in [0.29, 0.717) is 18.1 Å². The number of nitrogens with one attached hydrogen (secondary N) is 1. The summed E-state index contributed by atoms with van der Waals surface area (Å²) in [7, 11) is 2.10. The van der Waals surface area contributed by atoms with Crippen molar-refractivity contribution in [3.63, 3.8) is 0 Å². The Hall–Kier alpha value is -0.0600. The summed E-state index contributed by atoms with van der Waals surface area (Å²) in [6.45, 7) is 0. The van der Waals surface area contributed by atoms with Crippen molar-refractivity contribution in [2.45, 2.75) is 50.2 Å². The maximum atomic E-state index is 3.74. The van der Waals surface area contributed by atoms with Crippen molar-refractivity contribution >= 4 is 37.5 Å². The molecule has 1 aromatic carbocycles. The molecular formula is C15H20Br2N2. The summed E-state index contributed by atoms with van der Waals surface area (Å²) in [5, 5.41) is 3.48. The summed E-state index contributed by atoms with van der Waals surface area (Å²) in [4.78, 5) is 2.67. The monoisotopic (exact) mass is 386 g/mol. The Kier molecular flexibility index (Phi) is 4.20. The molecule has 0 saturated carbocycles. The third-order valence-electron chi connectivity index (χ3n) is 4.58. The average molecular weight is 388 g/mol. The maximum absolute atomic E-state index is 3.74. The molecule has 2 fully saturated rings. The van der Waals surface area contributed by atoms with E-state index in [9.17, 15) is 0 Å². The van der Waals surface area contributed by atoms with Gasteiger partial charge in [-0.1, -0.05) is 6.07 Å². The quantitative estimate of drug-likeness (QED) is 0.812. The minimum absolute atomic E-state index is 0.681. The van der Waals surface area contributed by atoms with Crippen LogP contribution in [0.3, 0.4) is 0 Å². The molecule has 0 amide bonds. The average Bonchev–Trinajstić information content (AvgIpc) is 2.38. The molecule has 19 heavy (non-hydrogen) atoms. The highest BCUT2D eigenvalue weighted by Crippen LogP contribution is 2.43. The topological polar surface area (TPSA) is 15.3 Å². The standard InChI is InChI=1S/C15H20Br2N2/c1-18-10-8-11-4-2-5-12(9-10)19(11)15-13(16)6-3-7-14(15)17/h3,6-7,10-12,18H,2,4-5,8-9H2,1H3. The van der Waals surface area contributed by atoms with Crippen LogP contribution < -0.4 is 10.2 Å². The lowest BCUT2D eigenvalue weighted by molar-refractivity contribution is 0.252. The van der Waals surface area contributed by atoms with Gasteiger partial charge in [0.15, 0.2) is 0 Å². The van der Waals surface area contributed by atoms with Crippen LogP contribution in [0.5, 0.6) is 0 Å². The zero-order chi connectivity index (χ0) is 13.4. The van der Waals surface area contributed by atoms with E-state index in [1.807, 2.05) is 0 Å². The summed E-state index contributed by atoms with van der Waals surface area (Å²) in [6, 6.07) is 8.45. The van der Waals surface area contributed by atoms with Crippen molar-refractivity contribution in [2.24, 2.45) is 0 Å². The van der Waals surface area contributed by atoms with Crippen LogP contribution in [0.2, 0.25) is 0 Å². The van der Waals surface area contributed by atoms with Gasteiger partial charge in [0, 0.05) is 27.1 Å². The molecule has 1 N–H and O–H groups in total. The van der Waals surface area contributed by atoms with Crippen LogP contribution in [0, 0.1) is 0 Å². The molecule has 2 unspecified atom stereocenters. The maximum Gasteiger partial charge on any atom is 0.0660 e. The number of piperidine rings is 2. The molecule has 4 heteroatoms. The van der Waals surface area contributed by atoms with Gasteiger partial charge in [0.25, 0.3) is 0 Å². The molecular weight excluding hydrogens is 368 g/mol. The SMILES string of the molecule is CNC1CC2CCCC(C1)N2c1c(Br)cccc1Br. The first-order valence-electron chi connectivity index (χ1n) is 7.10. The number of nitrogens with zero attached hydrogens (tertiary/aromatic N) is 1. The van der Waals surface area contributed by atoms with E-state index in [4.69, 9.17) is 0 Å². The molecule has 0 aromatic heterocycles. The van der Waals surface area contributed by atoms with Gasteiger partial charge >= 0.3 is 0 Å². The van der Waals surface area contributed by atoms with Crippen LogP contribution in [0.1, 0.15) is 32.1 Å². The molecule has 2 aliphatic rings. The minimum Gasteiger partial charge on any atom is -0.364 e. The highest BCUT2D eigenvalue weighted by Gasteiger charge is 2.39. The van der Waals surface area contributed by atoms with E-state index in [2.05, 4.69) is 67.3 Å². The lowest BCUT2D eigenvalue weighted by Crippen LogP contribution is -2.56. The van der Waals surface area contributed by atoms with E-state index < -0.39 is 0 Å². The number of fused-ring (bicyclic) bond motifs is 2. The van der Waals surface area contributed by atoms with Gasteiger partial charge in [-0.3, -0.25) is 0 Å². The zero-order valence-electron chi connectivity index (χ0n) is 11.2. The predicted octanol–water partition coefficient (Wildman–Crippen LogP) is 4.32. The first-order valence-corrected chi connectivity index (χ1v) is 8.69. The summed E-state index contributed by atoms with van der Waals surface area (Å²) in [5.74, 6) is 0. The summed E-state index contributed by atoms with van der Waals surface area (Å²) < 4.78 is 2.42. The number of hydrogen-bond donors (Lipinski definition) is 1. The highest BCUT2D eigenvalue weighted by atomic mass is 79.9. The number of rotatable bonds is 2. The predicted molar refractivity (Wildman–Crippen MR) is 87.8 cm³/mol. The molecule has 2 saturated heterocycles. The summed E-state index contributed by atoms with van der Waals surface area (Å²) >= 11 is 7.47. The van der Waals surface area contributed by atoms with Crippen LogP contribution in [0.25, 0.3) is 0 Å². The molecule has 0 spiro atoms. The molecule has 2 nitrogen and oxygen atoms in total. The van der Waals surface area contributed by atoms with Crippen molar-refractivity contribution in [3.8, 4) is 0 Å². The first-order chi connectivity index (χ1) is 9.20. The van der Waals surface area contributed by atoms with Gasteiger partial charge in [-0.05, 0) is 83.1 Å². The van der Waals surface area contributed by atoms with Crippen LogP contribution in [-0.2, 0) is 0 Å². The van der Waals surface area contributed by atoms with Gasteiger partial charge in [0.2, 0.25) is 0 Å². The second-order valence-electron chi connectivity index (χ2n) is 5.67. The van der Waals surface area contributed by atoms with Crippen molar-refractivity contribution < 1.29 is 0 Å². The Morgan fingerprint density at radius 1 is 1.11 bits per heavy atom. The van der Waals surface area contributed by atoms with Gasteiger partial charge < -0.3 is 10.2 Å². The Bertz CT molecular complexity index is 429. The van der Waals surface area contributed by atoms with Gasteiger partial charge in [0.1, 0.15) is 0 Å². The van der Waals surface area contributed by atoms with E-state index in [1.54, 1.807) is 0 Å². The van der Waals surface area contributed by atoms with Crippen molar-refractivity contribution in [2.75, 3.05) is 11.9 Å². The Morgan fingerprint density at radius 3 is 2.21 bits per heavy atom. The second kappa shape index (κ2) is 5.74. The molecule has 2 bridgehead atoms. The van der Waals surface area contributed by atoms with Gasteiger partial charge in [-0.15, -0.1) is 0 Å². The molecule has 2 atom stereocenters. The van der Waals surface area contributed by atoms with Gasteiger partial charge in [-0.2, -0.15) is 0 Å². The van der Waals surface area contributed by atoms with Crippen molar-refractivity contribution in [1.29, 1.82) is 0 Å². The molecule has 0 aliphatic carbocycles. The van der Waals surface area contributed by atoms with E-state index >= 15 is 0 Å². The first kappa shape index (κ1) is 13.9. The van der Waals surface area contributed by atoms with E-state index in [-0.39, 0.29) is 0 Å². The largest absolute Gasteiger partial charge is 0.364 e. The lowest BCUT2D eigenvalue weighted by Gasteiger charge is -2.50. The van der Waals surface area contributed by atoms with Crippen LogP contribution in [-0.4, -0.2) is 25.2 Å². The number of para-hydroxylation sites is 1. The van der Waals surface area contributed by atoms with Gasteiger partial charge in [-0.25, -0.2) is 0 Å². The highest BCUT2D eigenvalue weighted by molar-refractivity contribution is 9.11. The Balaban J connectivity index is 1.96. The normalized spacial score (nSPS) is 30.5. The molecule has 104 valence electrons. The molecule has 0 radical (unpaired) electrons. The Labute approximate surface area is 132 Å². The number of halogens is 2. The molecule has 3 rings (SSSR count). The van der Waals surface area contributed by atoms with Gasteiger partial charge in [0.05, 0.1) is 5.69 Å². The number of anilines is 1. The fraction of sp³-hybridized carbons (Fsp3) is 0.600. The molecule has 2 heterocycles. The molecule has 2 aliphatic heterocycles. The number of hydrogen-bond acceptors (Lipinski definition) is 2. The van der Waals surface area contributed by atoms with Crippen molar-refractivity contribution in [3.05, 3.63) is 27.1 Å². The number of benzene rings is 1. The summed E-state index contributed by atoms with van der Waals surface area (Å²) in [6.07, 6.45) is 6.55. The third-order valence-corrected chi connectivity index (χ3v) is 5.86. The minimum atomic E-state index is 0.681. The van der Waals surface area contributed by atoms with Crippen LogP contribution >= 0.6 is 31.9 Å². The smallest absolute Gasteiger partial charge is 0.0660 e. The zero-order valence-corrected chi connectivity index (χ0v) is 14.4. The molecule has 1 aromatic rings. The fourth-order valence-electron chi connectivity index (χ4n) is 3.72.